The number of hydrogen-bond acceptors (Lipinski definition) is 5. The number of rotatable bonds is 8. The minimum atomic E-state index is -0.0131. The van der Waals surface area contributed by atoms with Crippen LogP contribution in [0.4, 0.5) is 0 Å². The maximum Gasteiger partial charge on any atom is 0.243 e. The highest BCUT2D eigenvalue weighted by Crippen LogP contribution is 2.12. The summed E-state index contributed by atoms with van der Waals surface area (Å²) in [6.45, 7) is 9.60. The van der Waals surface area contributed by atoms with Gasteiger partial charge in [-0.2, -0.15) is 0 Å². The van der Waals surface area contributed by atoms with E-state index in [0.29, 0.717) is 24.5 Å². The van der Waals surface area contributed by atoms with Crippen LogP contribution in [0.3, 0.4) is 0 Å². The van der Waals surface area contributed by atoms with Crippen LogP contribution in [0, 0.1) is 5.92 Å². The number of hydrogen-bond donors (Lipinski definition) is 2. The SMILES string of the molecule is CC(C)C(CNC(=NCC(=O)N(C)C)NCc1cccs1)N1CCOCC1. The van der Waals surface area contributed by atoms with Gasteiger partial charge >= 0.3 is 0 Å². The Morgan fingerprint density at radius 1 is 1.33 bits per heavy atom. The highest BCUT2D eigenvalue weighted by atomic mass is 32.1. The fourth-order valence-corrected chi connectivity index (χ4v) is 3.59. The summed E-state index contributed by atoms with van der Waals surface area (Å²) in [5.41, 5.74) is 0. The Kier molecular flexibility index (Phi) is 9.03. The van der Waals surface area contributed by atoms with Gasteiger partial charge in [0.2, 0.25) is 5.91 Å². The molecule has 7 nitrogen and oxygen atoms in total. The van der Waals surface area contributed by atoms with Crippen molar-refractivity contribution in [3.05, 3.63) is 22.4 Å². The average molecular weight is 396 g/mol. The van der Waals surface area contributed by atoms with Crippen LogP contribution in [-0.4, -0.2) is 81.2 Å². The Morgan fingerprint density at radius 3 is 2.67 bits per heavy atom. The number of carbonyl (C=O) groups excluding carboxylic acids is 1. The second-order valence-electron chi connectivity index (χ2n) is 7.23. The second-order valence-corrected chi connectivity index (χ2v) is 8.26. The van der Waals surface area contributed by atoms with Crippen molar-refractivity contribution in [1.82, 2.24) is 20.4 Å². The van der Waals surface area contributed by atoms with Crippen LogP contribution in [0.25, 0.3) is 0 Å². The number of carbonyl (C=O) groups is 1. The zero-order valence-electron chi connectivity index (χ0n) is 16.9. The Labute approximate surface area is 166 Å². The maximum absolute atomic E-state index is 11.9. The summed E-state index contributed by atoms with van der Waals surface area (Å²) in [6, 6.07) is 4.52. The van der Waals surface area contributed by atoms with Crippen LogP contribution in [0.5, 0.6) is 0 Å². The lowest BCUT2D eigenvalue weighted by Crippen LogP contribution is -2.52. The number of aliphatic imine (C=N–C) groups is 1. The van der Waals surface area contributed by atoms with Gasteiger partial charge in [-0.1, -0.05) is 19.9 Å². The van der Waals surface area contributed by atoms with Crippen molar-refractivity contribution in [1.29, 1.82) is 0 Å². The Balaban J connectivity index is 1.97. The number of nitrogens with zero attached hydrogens (tertiary/aromatic N) is 3. The smallest absolute Gasteiger partial charge is 0.243 e. The first-order chi connectivity index (χ1) is 13.0. The summed E-state index contributed by atoms with van der Waals surface area (Å²) in [5, 5.41) is 8.85. The molecule has 1 unspecified atom stereocenters. The minimum Gasteiger partial charge on any atom is -0.379 e. The molecule has 1 fully saturated rings. The van der Waals surface area contributed by atoms with Gasteiger partial charge in [0.15, 0.2) is 5.96 Å². The van der Waals surface area contributed by atoms with Gasteiger partial charge in [-0.15, -0.1) is 11.3 Å². The summed E-state index contributed by atoms with van der Waals surface area (Å²) >= 11 is 1.70. The van der Waals surface area contributed by atoms with E-state index in [1.807, 2.05) is 6.07 Å². The van der Waals surface area contributed by atoms with Crippen LogP contribution in [-0.2, 0) is 16.1 Å². The van der Waals surface area contributed by atoms with Crippen molar-refractivity contribution < 1.29 is 9.53 Å². The highest BCUT2D eigenvalue weighted by molar-refractivity contribution is 7.09. The third-order valence-corrected chi connectivity index (χ3v) is 5.52. The third-order valence-electron chi connectivity index (χ3n) is 4.64. The molecule has 2 N–H and O–H groups in total. The summed E-state index contributed by atoms with van der Waals surface area (Å²) in [5.74, 6) is 1.18. The number of guanidine groups is 1. The lowest BCUT2D eigenvalue weighted by Gasteiger charge is -2.37. The zero-order valence-corrected chi connectivity index (χ0v) is 17.7. The van der Waals surface area contributed by atoms with Gasteiger partial charge in [-0.25, -0.2) is 4.99 Å². The number of likely N-dealkylation sites (N-methyl/N-ethyl adjacent to an activating group) is 1. The molecule has 0 aliphatic carbocycles. The third kappa shape index (κ3) is 7.48. The second kappa shape index (κ2) is 11.3. The lowest BCUT2D eigenvalue weighted by atomic mass is 10.0. The van der Waals surface area contributed by atoms with Crippen molar-refractivity contribution in [2.45, 2.75) is 26.4 Å². The Morgan fingerprint density at radius 2 is 2.07 bits per heavy atom. The summed E-state index contributed by atoms with van der Waals surface area (Å²) in [6.07, 6.45) is 0. The molecule has 1 aromatic heterocycles. The first-order valence-corrected chi connectivity index (χ1v) is 10.4. The van der Waals surface area contributed by atoms with Gasteiger partial charge in [0.1, 0.15) is 6.54 Å². The molecule has 0 aromatic carbocycles. The Bertz CT molecular complexity index is 583. The molecular formula is C19H33N5O2S. The average Bonchev–Trinajstić information content (AvgIpc) is 3.17. The van der Waals surface area contributed by atoms with Crippen LogP contribution in [0.1, 0.15) is 18.7 Å². The van der Waals surface area contributed by atoms with Crippen molar-refractivity contribution >= 4 is 23.2 Å². The zero-order chi connectivity index (χ0) is 19.6. The number of morpholine rings is 1. The van der Waals surface area contributed by atoms with E-state index in [4.69, 9.17) is 4.74 Å². The monoisotopic (exact) mass is 395 g/mol. The van der Waals surface area contributed by atoms with Crippen molar-refractivity contribution in [3.63, 3.8) is 0 Å². The van der Waals surface area contributed by atoms with Crippen LogP contribution < -0.4 is 10.6 Å². The molecule has 1 saturated heterocycles. The quantitative estimate of drug-likeness (QED) is 0.512. The van der Waals surface area contributed by atoms with E-state index in [-0.39, 0.29) is 12.5 Å². The van der Waals surface area contributed by atoms with E-state index in [1.54, 1.807) is 30.3 Å². The summed E-state index contributed by atoms with van der Waals surface area (Å²) < 4.78 is 5.48. The van der Waals surface area contributed by atoms with E-state index >= 15 is 0 Å². The highest BCUT2D eigenvalue weighted by Gasteiger charge is 2.24. The molecule has 1 atom stereocenters. The number of ether oxygens (including phenoxy) is 1. The summed E-state index contributed by atoms with van der Waals surface area (Å²) in [4.78, 5) is 21.7. The van der Waals surface area contributed by atoms with Crippen molar-refractivity contribution in [2.75, 3.05) is 53.5 Å². The van der Waals surface area contributed by atoms with Gasteiger partial charge in [0.05, 0.1) is 19.8 Å². The molecule has 1 aliphatic rings. The fourth-order valence-electron chi connectivity index (χ4n) is 2.94. The first kappa shape index (κ1) is 21.7. The summed E-state index contributed by atoms with van der Waals surface area (Å²) in [7, 11) is 3.49. The molecule has 8 heteroatoms. The molecular weight excluding hydrogens is 362 g/mol. The van der Waals surface area contributed by atoms with E-state index in [9.17, 15) is 4.79 Å². The fraction of sp³-hybridized carbons (Fsp3) is 0.684. The molecule has 1 amide bonds. The normalized spacial score (nSPS) is 17.0. The van der Waals surface area contributed by atoms with Crippen LogP contribution in [0.2, 0.25) is 0 Å². The van der Waals surface area contributed by atoms with E-state index in [1.165, 1.54) is 4.88 Å². The van der Waals surface area contributed by atoms with Gasteiger partial charge in [-0.05, 0) is 17.4 Å². The standard InChI is InChI=1S/C19H33N5O2S/c1-15(2)17(24-7-9-26-10-8-24)13-21-19(22-14-18(25)23(3)4)20-12-16-6-5-11-27-16/h5-6,11,15,17H,7-10,12-14H2,1-4H3,(H2,20,21,22). The number of thiophene rings is 1. The molecule has 0 bridgehead atoms. The largest absolute Gasteiger partial charge is 0.379 e. The van der Waals surface area contributed by atoms with Gasteiger partial charge in [-0.3, -0.25) is 9.69 Å². The van der Waals surface area contributed by atoms with Crippen molar-refractivity contribution in [2.24, 2.45) is 10.9 Å². The van der Waals surface area contributed by atoms with Gasteiger partial charge in [0.25, 0.3) is 0 Å². The molecule has 0 spiro atoms. The topological polar surface area (TPSA) is 69.2 Å². The molecule has 2 rings (SSSR count). The molecule has 1 aliphatic heterocycles. The molecule has 152 valence electrons. The predicted octanol–water partition coefficient (Wildman–Crippen LogP) is 1.23. The lowest BCUT2D eigenvalue weighted by molar-refractivity contribution is -0.127. The van der Waals surface area contributed by atoms with E-state index in [0.717, 1.165) is 32.8 Å². The molecule has 0 saturated carbocycles. The van der Waals surface area contributed by atoms with Crippen LogP contribution >= 0.6 is 11.3 Å². The van der Waals surface area contributed by atoms with Crippen molar-refractivity contribution in [3.8, 4) is 0 Å². The van der Waals surface area contributed by atoms with E-state index in [2.05, 4.69) is 45.8 Å². The first-order valence-electron chi connectivity index (χ1n) is 9.54. The number of nitrogens with one attached hydrogen (secondary N) is 2. The predicted molar refractivity (Wildman–Crippen MR) is 111 cm³/mol. The van der Waals surface area contributed by atoms with E-state index < -0.39 is 0 Å². The van der Waals surface area contributed by atoms with Gasteiger partial charge in [0, 0.05) is 44.6 Å². The van der Waals surface area contributed by atoms with Crippen LogP contribution in [0.15, 0.2) is 22.5 Å². The molecule has 1 aromatic rings. The number of amides is 1. The maximum atomic E-state index is 11.9. The molecule has 2 heterocycles. The molecule has 0 radical (unpaired) electrons. The van der Waals surface area contributed by atoms with Gasteiger partial charge < -0.3 is 20.3 Å². The Hall–Kier alpha value is -1.64. The minimum absolute atomic E-state index is 0.0131. The molecule has 27 heavy (non-hydrogen) atoms.